The molecule has 0 aliphatic heterocycles. The van der Waals surface area contributed by atoms with Gasteiger partial charge in [-0.2, -0.15) is 0 Å². The summed E-state index contributed by atoms with van der Waals surface area (Å²) in [5, 5.41) is 3.03. The van der Waals surface area contributed by atoms with E-state index in [0.29, 0.717) is 28.7 Å². The summed E-state index contributed by atoms with van der Waals surface area (Å²) >= 11 is 0. The van der Waals surface area contributed by atoms with E-state index in [0.717, 1.165) is 11.1 Å². The van der Waals surface area contributed by atoms with Crippen molar-refractivity contribution in [1.29, 1.82) is 0 Å². The van der Waals surface area contributed by atoms with Crippen LogP contribution in [0.4, 0.5) is 10.1 Å². The van der Waals surface area contributed by atoms with Gasteiger partial charge in [0.15, 0.2) is 0 Å². The van der Waals surface area contributed by atoms with Crippen LogP contribution in [-0.4, -0.2) is 10.9 Å². The van der Waals surface area contributed by atoms with Gasteiger partial charge in [0.1, 0.15) is 28.8 Å². The average molecular weight is 491 g/mol. The van der Waals surface area contributed by atoms with Crippen LogP contribution >= 0.6 is 0 Å². The predicted octanol–water partition coefficient (Wildman–Crippen LogP) is 7.58. The number of ether oxygens (including phenoxy) is 2. The second-order valence-corrected chi connectivity index (χ2v) is 8.28. The Balaban J connectivity index is 1.47. The molecule has 1 heterocycles. The van der Waals surface area contributed by atoms with Crippen LogP contribution in [0.5, 0.6) is 23.0 Å². The van der Waals surface area contributed by atoms with Crippen molar-refractivity contribution in [3.8, 4) is 23.0 Å². The molecule has 6 heteroatoms. The predicted molar refractivity (Wildman–Crippen MR) is 141 cm³/mol. The molecule has 0 aliphatic rings. The number of carbonyl (C=O) groups excluding carboxylic acids is 1. The zero-order valence-corrected chi connectivity index (χ0v) is 19.8. The number of carbonyl (C=O) groups is 1. The Morgan fingerprint density at radius 2 is 1.27 bits per heavy atom. The van der Waals surface area contributed by atoms with Crippen LogP contribution in [0.15, 0.2) is 128 Å². The fraction of sp³-hybridized carbons (Fsp3) is 0.0323. The molecule has 0 saturated heterocycles. The van der Waals surface area contributed by atoms with Gasteiger partial charge < -0.3 is 14.8 Å². The van der Waals surface area contributed by atoms with Gasteiger partial charge in [-0.25, -0.2) is 4.39 Å². The number of nitrogens with one attached hydrogen (secondary N) is 1. The monoisotopic (exact) mass is 490 g/mol. The highest BCUT2D eigenvalue weighted by Crippen LogP contribution is 2.34. The molecule has 5 rings (SSSR count). The van der Waals surface area contributed by atoms with E-state index >= 15 is 0 Å². The molecule has 0 radical (unpaired) electrons. The maximum atomic E-state index is 13.6. The van der Waals surface area contributed by atoms with Crippen molar-refractivity contribution >= 4 is 11.6 Å². The lowest BCUT2D eigenvalue weighted by molar-refractivity contribution is -0.116. The summed E-state index contributed by atoms with van der Waals surface area (Å²) in [6, 6.07) is 33.6. The topological polar surface area (TPSA) is 60.5 Å². The second-order valence-electron chi connectivity index (χ2n) is 8.28. The molecule has 0 atom stereocenters. The molecule has 1 aromatic heterocycles. The summed E-state index contributed by atoms with van der Waals surface area (Å²) in [7, 11) is 0. The minimum Gasteiger partial charge on any atom is -0.457 e. The summed E-state index contributed by atoms with van der Waals surface area (Å²) in [6.07, 6.45) is 3.24. The number of aromatic nitrogens is 1. The van der Waals surface area contributed by atoms with Crippen LogP contribution in [0.3, 0.4) is 0 Å². The van der Waals surface area contributed by atoms with Gasteiger partial charge in [0.25, 0.3) is 0 Å². The molecule has 1 amide bonds. The summed E-state index contributed by atoms with van der Waals surface area (Å²) in [5.74, 6) is 0.754. The Morgan fingerprint density at radius 3 is 1.84 bits per heavy atom. The van der Waals surface area contributed by atoms with Gasteiger partial charge in [-0.15, -0.1) is 0 Å². The number of halogens is 1. The number of benzene rings is 4. The van der Waals surface area contributed by atoms with Gasteiger partial charge in [0, 0.05) is 30.1 Å². The van der Waals surface area contributed by atoms with Crippen molar-refractivity contribution in [2.45, 2.75) is 5.92 Å². The molecule has 1 N–H and O–H groups in total. The van der Waals surface area contributed by atoms with Crippen LogP contribution in [0.1, 0.15) is 17.0 Å². The van der Waals surface area contributed by atoms with E-state index in [1.54, 1.807) is 42.7 Å². The van der Waals surface area contributed by atoms with Crippen LogP contribution < -0.4 is 14.8 Å². The molecule has 0 unspecified atom stereocenters. The van der Waals surface area contributed by atoms with Gasteiger partial charge in [-0.3, -0.25) is 9.78 Å². The van der Waals surface area contributed by atoms with E-state index in [1.165, 1.54) is 24.3 Å². The minimum absolute atomic E-state index is 0.205. The normalized spacial score (nSPS) is 10.6. The van der Waals surface area contributed by atoms with Crippen LogP contribution in [0, 0.1) is 5.82 Å². The Hall–Kier alpha value is -4.97. The fourth-order valence-corrected chi connectivity index (χ4v) is 3.94. The van der Waals surface area contributed by atoms with Crippen LogP contribution in [0.2, 0.25) is 0 Å². The molecule has 0 spiro atoms. The van der Waals surface area contributed by atoms with Crippen molar-refractivity contribution in [2.24, 2.45) is 0 Å². The standard InChI is InChI=1S/C31H23FN2O3/c32-24-13-15-26(16-14-24)36-28-18-25(19-29(20-28)37-27-12-7-17-33-21-27)34-31(35)30(22-8-3-1-4-9-22)23-10-5-2-6-11-23/h1-21,30H,(H,34,35). The third kappa shape index (κ3) is 6.18. The molecule has 0 saturated carbocycles. The van der Waals surface area contributed by atoms with E-state index < -0.39 is 5.92 Å². The van der Waals surface area contributed by atoms with E-state index in [9.17, 15) is 9.18 Å². The van der Waals surface area contributed by atoms with Crippen molar-refractivity contribution in [1.82, 2.24) is 4.98 Å². The lowest BCUT2D eigenvalue weighted by Gasteiger charge is -2.19. The lowest BCUT2D eigenvalue weighted by Crippen LogP contribution is -2.22. The first-order chi connectivity index (χ1) is 18.1. The SMILES string of the molecule is O=C(Nc1cc(Oc2ccc(F)cc2)cc(Oc2cccnc2)c1)C(c1ccccc1)c1ccccc1. The quantitative estimate of drug-likeness (QED) is 0.244. The van der Waals surface area contributed by atoms with Gasteiger partial charge >= 0.3 is 0 Å². The van der Waals surface area contributed by atoms with Crippen molar-refractivity contribution < 1.29 is 18.7 Å². The zero-order chi connectivity index (χ0) is 25.5. The van der Waals surface area contributed by atoms with Crippen molar-refractivity contribution in [3.05, 3.63) is 145 Å². The molecule has 37 heavy (non-hydrogen) atoms. The third-order valence-corrected chi connectivity index (χ3v) is 5.60. The highest BCUT2D eigenvalue weighted by Gasteiger charge is 2.23. The minimum atomic E-state index is -0.522. The second kappa shape index (κ2) is 11.2. The van der Waals surface area contributed by atoms with Gasteiger partial charge in [0.05, 0.1) is 12.1 Å². The zero-order valence-electron chi connectivity index (χ0n) is 19.8. The molecule has 0 aliphatic carbocycles. The Bertz CT molecular complexity index is 1420. The van der Waals surface area contributed by atoms with Crippen molar-refractivity contribution in [2.75, 3.05) is 5.32 Å². The fourth-order valence-electron chi connectivity index (χ4n) is 3.94. The smallest absolute Gasteiger partial charge is 0.236 e. The first kappa shape index (κ1) is 23.8. The Kier molecular flexibility index (Phi) is 7.18. The molecular formula is C31H23FN2O3. The lowest BCUT2D eigenvalue weighted by atomic mass is 9.90. The highest BCUT2D eigenvalue weighted by molar-refractivity contribution is 5.98. The van der Waals surface area contributed by atoms with E-state index in [-0.39, 0.29) is 11.7 Å². The van der Waals surface area contributed by atoms with E-state index in [1.807, 2.05) is 60.7 Å². The first-order valence-electron chi connectivity index (χ1n) is 11.7. The highest BCUT2D eigenvalue weighted by atomic mass is 19.1. The van der Waals surface area contributed by atoms with Crippen molar-refractivity contribution in [3.63, 3.8) is 0 Å². The number of rotatable bonds is 8. The molecule has 5 nitrogen and oxygen atoms in total. The molecule has 182 valence electrons. The maximum Gasteiger partial charge on any atom is 0.236 e. The summed E-state index contributed by atoms with van der Waals surface area (Å²) < 4.78 is 25.3. The molecule has 5 aromatic rings. The first-order valence-corrected chi connectivity index (χ1v) is 11.7. The number of amides is 1. The summed E-state index contributed by atoms with van der Waals surface area (Å²) in [4.78, 5) is 17.7. The summed E-state index contributed by atoms with van der Waals surface area (Å²) in [5.41, 5.74) is 2.23. The molecule has 0 bridgehead atoms. The van der Waals surface area contributed by atoms with Crippen LogP contribution in [0.25, 0.3) is 0 Å². The molecule has 4 aromatic carbocycles. The molecular weight excluding hydrogens is 467 g/mol. The molecule has 0 fully saturated rings. The number of pyridine rings is 1. The Labute approximate surface area is 214 Å². The van der Waals surface area contributed by atoms with E-state index in [2.05, 4.69) is 10.3 Å². The number of anilines is 1. The van der Waals surface area contributed by atoms with Gasteiger partial charge in [0.2, 0.25) is 5.91 Å². The Morgan fingerprint density at radius 1 is 0.676 bits per heavy atom. The van der Waals surface area contributed by atoms with Gasteiger partial charge in [-0.1, -0.05) is 60.7 Å². The summed E-state index contributed by atoms with van der Waals surface area (Å²) in [6.45, 7) is 0. The number of hydrogen-bond acceptors (Lipinski definition) is 4. The average Bonchev–Trinajstić information content (AvgIpc) is 2.92. The van der Waals surface area contributed by atoms with Crippen LogP contribution in [-0.2, 0) is 4.79 Å². The van der Waals surface area contributed by atoms with E-state index in [4.69, 9.17) is 9.47 Å². The maximum absolute atomic E-state index is 13.6. The van der Waals surface area contributed by atoms with Gasteiger partial charge in [-0.05, 0) is 47.5 Å². The number of hydrogen-bond donors (Lipinski definition) is 1. The third-order valence-electron chi connectivity index (χ3n) is 5.60. The largest absolute Gasteiger partial charge is 0.457 e. The number of nitrogens with zero attached hydrogens (tertiary/aromatic N) is 1.